The Bertz CT molecular complexity index is 650. The third-order valence-corrected chi connectivity index (χ3v) is 2.84. The quantitative estimate of drug-likeness (QED) is 0.925. The van der Waals surface area contributed by atoms with Crippen molar-refractivity contribution in [2.24, 2.45) is 7.05 Å². The Kier molecular flexibility index (Phi) is 3.25. The molecule has 0 saturated carbocycles. The Morgan fingerprint density at radius 1 is 1.42 bits per heavy atom. The van der Waals surface area contributed by atoms with Crippen molar-refractivity contribution < 1.29 is 19.0 Å². The Balaban J connectivity index is 2.50. The Labute approximate surface area is 109 Å². The Morgan fingerprint density at radius 3 is 2.63 bits per heavy atom. The monoisotopic (exact) mass is 264 g/mol. The highest BCUT2D eigenvalue weighted by atomic mass is 19.1. The molecule has 1 aromatic heterocycles. The van der Waals surface area contributed by atoms with E-state index >= 15 is 0 Å². The van der Waals surface area contributed by atoms with Gasteiger partial charge in [-0.2, -0.15) is 5.10 Å². The van der Waals surface area contributed by atoms with E-state index in [2.05, 4.69) is 5.10 Å². The summed E-state index contributed by atoms with van der Waals surface area (Å²) in [4.78, 5) is 11.1. The third kappa shape index (κ3) is 2.29. The fourth-order valence-corrected chi connectivity index (χ4v) is 1.81. The van der Waals surface area contributed by atoms with Gasteiger partial charge in [0, 0.05) is 7.05 Å². The first-order chi connectivity index (χ1) is 8.91. The van der Waals surface area contributed by atoms with Gasteiger partial charge in [-0.15, -0.1) is 0 Å². The van der Waals surface area contributed by atoms with Gasteiger partial charge in [-0.1, -0.05) is 6.07 Å². The van der Waals surface area contributed by atoms with Gasteiger partial charge in [0.2, 0.25) is 0 Å². The van der Waals surface area contributed by atoms with Crippen molar-refractivity contribution in [2.45, 2.75) is 13.8 Å². The lowest BCUT2D eigenvalue weighted by Crippen LogP contribution is -2.04. The van der Waals surface area contributed by atoms with E-state index in [9.17, 15) is 9.18 Å². The molecule has 0 aliphatic heterocycles. The topological polar surface area (TPSA) is 64.4 Å². The van der Waals surface area contributed by atoms with Crippen molar-refractivity contribution in [1.82, 2.24) is 9.78 Å². The number of carboxylic acid groups (broad SMARTS) is 1. The molecule has 1 N–H and O–H groups in total. The van der Waals surface area contributed by atoms with E-state index < -0.39 is 17.3 Å². The maximum atomic E-state index is 13.5. The number of aryl methyl sites for hydroxylation is 2. The summed E-state index contributed by atoms with van der Waals surface area (Å²) in [5.41, 5.74) is 0.865. The van der Waals surface area contributed by atoms with Gasteiger partial charge in [-0.25, -0.2) is 9.18 Å². The van der Waals surface area contributed by atoms with Crippen LogP contribution in [0.25, 0.3) is 0 Å². The molecule has 0 saturated heterocycles. The summed E-state index contributed by atoms with van der Waals surface area (Å²) in [6, 6.07) is 3.90. The van der Waals surface area contributed by atoms with Gasteiger partial charge in [0.25, 0.3) is 0 Å². The van der Waals surface area contributed by atoms with Crippen LogP contribution < -0.4 is 4.74 Å². The zero-order valence-corrected chi connectivity index (χ0v) is 10.8. The van der Waals surface area contributed by atoms with Crippen molar-refractivity contribution in [3.63, 3.8) is 0 Å². The number of aromatic nitrogens is 2. The second-order valence-corrected chi connectivity index (χ2v) is 4.14. The van der Waals surface area contributed by atoms with Crippen LogP contribution in [-0.4, -0.2) is 20.9 Å². The molecule has 1 aromatic carbocycles. The number of hydrogen-bond donors (Lipinski definition) is 1. The zero-order chi connectivity index (χ0) is 14.2. The van der Waals surface area contributed by atoms with Gasteiger partial charge in [-0.05, 0) is 26.0 Å². The zero-order valence-electron chi connectivity index (χ0n) is 10.8. The predicted molar refractivity (Wildman–Crippen MR) is 66.1 cm³/mol. The fraction of sp³-hybridized carbons (Fsp3) is 0.231. The number of hydrogen-bond acceptors (Lipinski definition) is 3. The SMILES string of the molecule is Cc1nn(C)c(C)c1Oc1cccc(F)c1C(=O)O. The first-order valence-corrected chi connectivity index (χ1v) is 5.61. The normalized spacial score (nSPS) is 10.5. The Hall–Kier alpha value is -2.37. The maximum Gasteiger partial charge on any atom is 0.342 e. The minimum absolute atomic E-state index is 0.0355. The minimum Gasteiger partial charge on any atom is -0.477 e. The standard InChI is InChI=1S/C13H13FN2O3/c1-7-12(8(2)16(3)15-7)19-10-6-4-5-9(14)11(10)13(17)18/h4-6H,1-3H3,(H,17,18). The van der Waals surface area contributed by atoms with Crippen LogP contribution in [0.5, 0.6) is 11.5 Å². The maximum absolute atomic E-state index is 13.5. The van der Waals surface area contributed by atoms with Crippen molar-refractivity contribution in [3.8, 4) is 11.5 Å². The number of carboxylic acids is 1. The van der Waals surface area contributed by atoms with Crippen molar-refractivity contribution in [1.29, 1.82) is 0 Å². The lowest BCUT2D eigenvalue weighted by molar-refractivity contribution is 0.0689. The van der Waals surface area contributed by atoms with E-state index in [1.807, 2.05) is 0 Å². The Morgan fingerprint density at radius 2 is 2.11 bits per heavy atom. The van der Waals surface area contributed by atoms with E-state index in [0.717, 1.165) is 11.8 Å². The highest BCUT2D eigenvalue weighted by Gasteiger charge is 2.20. The summed E-state index contributed by atoms with van der Waals surface area (Å²) in [5.74, 6) is -1.79. The van der Waals surface area contributed by atoms with E-state index in [1.165, 1.54) is 12.1 Å². The number of benzene rings is 1. The van der Waals surface area contributed by atoms with Crippen LogP contribution >= 0.6 is 0 Å². The number of aromatic carboxylic acids is 1. The predicted octanol–water partition coefficient (Wildman–Crippen LogP) is 2.67. The van der Waals surface area contributed by atoms with E-state index in [-0.39, 0.29) is 5.75 Å². The van der Waals surface area contributed by atoms with Gasteiger partial charge in [-0.3, -0.25) is 4.68 Å². The first-order valence-electron chi connectivity index (χ1n) is 5.61. The molecule has 2 aromatic rings. The van der Waals surface area contributed by atoms with Gasteiger partial charge in [0.15, 0.2) is 5.75 Å². The smallest absolute Gasteiger partial charge is 0.342 e. The fourth-order valence-electron chi connectivity index (χ4n) is 1.81. The third-order valence-electron chi connectivity index (χ3n) is 2.84. The molecule has 6 heteroatoms. The molecule has 5 nitrogen and oxygen atoms in total. The average molecular weight is 264 g/mol. The van der Waals surface area contributed by atoms with Gasteiger partial charge >= 0.3 is 5.97 Å². The summed E-state index contributed by atoms with van der Waals surface area (Å²) >= 11 is 0. The molecule has 1 heterocycles. The lowest BCUT2D eigenvalue weighted by atomic mass is 10.2. The highest BCUT2D eigenvalue weighted by molar-refractivity contribution is 5.91. The van der Waals surface area contributed by atoms with Crippen LogP contribution in [0, 0.1) is 19.7 Å². The van der Waals surface area contributed by atoms with Crippen LogP contribution in [0.15, 0.2) is 18.2 Å². The van der Waals surface area contributed by atoms with Crippen molar-refractivity contribution in [3.05, 3.63) is 41.0 Å². The van der Waals surface area contributed by atoms with Crippen LogP contribution in [0.1, 0.15) is 21.7 Å². The van der Waals surface area contributed by atoms with Crippen LogP contribution in [0.4, 0.5) is 4.39 Å². The summed E-state index contributed by atoms with van der Waals surface area (Å²) in [6.45, 7) is 3.52. The number of nitrogens with zero attached hydrogens (tertiary/aromatic N) is 2. The molecule has 0 unspecified atom stereocenters. The number of ether oxygens (including phenoxy) is 1. The lowest BCUT2D eigenvalue weighted by Gasteiger charge is -2.09. The second kappa shape index (κ2) is 4.72. The molecule has 0 aliphatic carbocycles. The van der Waals surface area contributed by atoms with E-state index in [0.29, 0.717) is 11.4 Å². The van der Waals surface area contributed by atoms with Crippen LogP contribution in [0.2, 0.25) is 0 Å². The van der Waals surface area contributed by atoms with Gasteiger partial charge in [0.1, 0.15) is 22.8 Å². The first kappa shape index (κ1) is 13.1. The summed E-state index contributed by atoms with van der Waals surface area (Å²) < 4.78 is 20.7. The summed E-state index contributed by atoms with van der Waals surface area (Å²) in [7, 11) is 1.75. The average Bonchev–Trinajstić information content (AvgIpc) is 2.55. The molecule has 2 rings (SSSR count). The molecule has 0 atom stereocenters. The van der Waals surface area contributed by atoms with Crippen molar-refractivity contribution in [2.75, 3.05) is 0 Å². The molecular formula is C13H13FN2O3. The molecular weight excluding hydrogens is 251 g/mol. The molecule has 0 spiro atoms. The van der Waals surface area contributed by atoms with Gasteiger partial charge < -0.3 is 9.84 Å². The summed E-state index contributed by atoms with van der Waals surface area (Å²) in [5, 5.41) is 13.2. The van der Waals surface area contributed by atoms with E-state index in [4.69, 9.17) is 9.84 Å². The largest absolute Gasteiger partial charge is 0.477 e. The number of halogens is 1. The van der Waals surface area contributed by atoms with Crippen LogP contribution in [-0.2, 0) is 7.05 Å². The molecule has 0 aliphatic rings. The van der Waals surface area contributed by atoms with Gasteiger partial charge in [0.05, 0.1) is 5.69 Å². The molecule has 0 amide bonds. The van der Waals surface area contributed by atoms with Crippen LogP contribution in [0.3, 0.4) is 0 Å². The molecule has 19 heavy (non-hydrogen) atoms. The highest BCUT2D eigenvalue weighted by Crippen LogP contribution is 2.31. The van der Waals surface area contributed by atoms with E-state index in [1.54, 1.807) is 25.6 Å². The second-order valence-electron chi connectivity index (χ2n) is 4.14. The molecule has 100 valence electrons. The van der Waals surface area contributed by atoms with Crippen molar-refractivity contribution >= 4 is 5.97 Å². The molecule has 0 bridgehead atoms. The molecule has 0 fully saturated rings. The minimum atomic E-state index is -1.37. The number of rotatable bonds is 3. The summed E-state index contributed by atoms with van der Waals surface area (Å²) in [6.07, 6.45) is 0. The molecule has 0 radical (unpaired) electrons. The number of carbonyl (C=O) groups is 1.